The van der Waals surface area contributed by atoms with Crippen LogP contribution in [0.5, 0.6) is 0 Å². The van der Waals surface area contributed by atoms with E-state index in [9.17, 15) is 14.9 Å². The fourth-order valence-electron chi connectivity index (χ4n) is 1.95. The van der Waals surface area contributed by atoms with Gasteiger partial charge in [-0.05, 0) is 52.0 Å². The predicted octanol–water partition coefficient (Wildman–Crippen LogP) is 2.85. The van der Waals surface area contributed by atoms with E-state index < -0.39 is 11.9 Å². The molecule has 0 aliphatic rings. The molecule has 23 heavy (non-hydrogen) atoms. The van der Waals surface area contributed by atoms with Gasteiger partial charge < -0.3 is 15.3 Å². The molecule has 1 aromatic rings. The third-order valence-corrected chi connectivity index (χ3v) is 3.24. The summed E-state index contributed by atoms with van der Waals surface area (Å²) < 4.78 is 0. The van der Waals surface area contributed by atoms with Gasteiger partial charge in [-0.15, -0.1) is 0 Å². The molecular weight excluding hydrogens is 294 g/mol. The van der Waals surface area contributed by atoms with Crippen molar-refractivity contribution >= 4 is 17.6 Å². The van der Waals surface area contributed by atoms with Gasteiger partial charge in [0.15, 0.2) is 0 Å². The van der Waals surface area contributed by atoms with Crippen molar-refractivity contribution < 1.29 is 14.7 Å². The van der Waals surface area contributed by atoms with Crippen LogP contribution in [0.3, 0.4) is 0 Å². The summed E-state index contributed by atoms with van der Waals surface area (Å²) in [6.07, 6.45) is 1.54. The molecule has 2 N–H and O–H groups in total. The van der Waals surface area contributed by atoms with Gasteiger partial charge in [0.2, 0.25) is 0 Å². The molecule has 0 aliphatic heterocycles. The number of hydrogen-bond acceptors (Lipinski definition) is 4. The Balaban J connectivity index is 2.93. The molecule has 0 spiro atoms. The van der Waals surface area contributed by atoms with Gasteiger partial charge in [-0.3, -0.25) is 4.79 Å². The van der Waals surface area contributed by atoms with E-state index in [2.05, 4.69) is 5.32 Å². The van der Waals surface area contributed by atoms with Crippen molar-refractivity contribution in [1.82, 2.24) is 4.90 Å². The molecule has 0 unspecified atom stereocenters. The molecule has 0 saturated carbocycles. The summed E-state index contributed by atoms with van der Waals surface area (Å²) in [4.78, 5) is 24.9. The third-order valence-electron chi connectivity index (χ3n) is 3.24. The number of carbonyl (C=O) groups excluding carboxylic acids is 1. The van der Waals surface area contributed by atoms with E-state index in [0.717, 1.165) is 0 Å². The Morgan fingerprint density at radius 2 is 1.87 bits per heavy atom. The van der Waals surface area contributed by atoms with Crippen molar-refractivity contribution in [2.45, 2.75) is 33.2 Å². The molecule has 0 fully saturated rings. The molecule has 0 aromatic heterocycles. The highest BCUT2D eigenvalue weighted by Gasteiger charge is 2.19. The lowest BCUT2D eigenvalue weighted by Gasteiger charge is -2.33. The summed E-state index contributed by atoms with van der Waals surface area (Å²) in [5.74, 6) is -1.57. The summed E-state index contributed by atoms with van der Waals surface area (Å²) in [6.45, 7) is 8.58. The quantitative estimate of drug-likeness (QED) is 0.643. The molecule has 0 aliphatic carbocycles. The van der Waals surface area contributed by atoms with E-state index >= 15 is 0 Å². The highest BCUT2D eigenvalue weighted by Crippen LogP contribution is 2.16. The topological polar surface area (TPSA) is 93.4 Å². The molecule has 0 saturated heterocycles. The molecule has 1 rings (SSSR count). The number of nitrogens with zero attached hydrogens (tertiary/aromatic N) is 2. The van der Waals surface area contributed by atoms with Gasteiger partial charge in [0, 0.05) is 24.0 Å². The number of amides is 1. The molecule has 122 valence electrons. The van der Waals surface area contributed by atoms with Gasteiger partial charge in [0.25, 0.3) is 5.91 Å². The molecule has 0 heterocycles. The molecule has 6 nitrogen and oxygen atoms in total. The first-order valence-electron chi connectivity index (χ1n) is 7.22. The van der Waals surface area contributed by atoms with Crippen LogP contribution in [-0.2, 0) is 4.79 Å². The van der Waals surface area contributed by atoms with Crippen molar-refractivity contribution in [2.75, 3.05) is 11.9 Å². The van der Waals surface area contributed by atoms with Crippen molar-refractivity contribution in [3.05, 3.63) is 41.6 Å². The Morgan fingerprint density at radius 1 is 1.30 bits per heavy atom. The van der Waals surface area contributed by atoms with Crippen molar-refractivity contribution in [2.24, 2.45) is 0 Å². The lowest BCUT2D eigenvalue weighted by atomic mass is 10.1. The fraction of sp³-hybridized carbons (Fsp3) is 0.353. The van der Waals surface area contributed by atoms with Crippen LogP contribution in [0.15, 0.2) is 36.0 Å². The number of carbonyl (C=O) groups is 2. The minimum atomic E-state index is -1.04. The molecule has 0 bridgehead atoms. The summed E-state index contributed by atoms with van der Waals surface area (Å²) in [6, 6.07) is 7.65. The first-order chi connectivity index (χ1) is 10.7. The monoisotopic (exact) mass is 315 g/mol. The highest BCUT2D eigenvalue weighted by molar-refractivity contribution is 6.06. The van der Waals surface area contributed by atoms with Gasteiger partial charge in [-0.2, -0.15) is 5.26 Å². The standard InChI is InChI=1S/C17H21N3O3/c1-5-20(17(2,3)4)11-13(10-18)15(21)19-14-8-6-12(7-9-14)16(22)23/h6-9,11H,5H2,1-4H3,(H,19,21)(H,22,23)/b13-11-. The number of rotatable bonds is 5. The lowest BCUT2D eigenvalue weighted by Crippen LogP contribution is -2.37. The Morgan fingerprint density at radius 3 is 2.26 bits per heavy atom. The molecular formula is C17H21N3O3. The second-order valence-corrected chi connectivity index (χ2v) is 5.95. The van der Waals surface area contributed by atoms with Crippen LogP contribution >= 0.6 is 0 Å². The summed E-state index contributed by atoms with van der Waals surface area (Å²) in [5.41, 5.74) is 0.341. The van der Waals surface area contributed by atoms with Crippen LogP contribution in [0, 0.1) is 11.3 Å². The summed E-state index contributed by atoms with van der Waals surface area (Å²) >= 11 is 0. The number of nitriles is 1. The second-order valence-electron chi connectivity index (χ2n) is 5.95. The predicted molar refractivity (Wildman–Crippen MR) is 87.9 cm³/mol. The maximum absolute atomic E-state index is 12.2. The average Bonchev–Trinajstić information content (AvgIpc) is 2.47. The Labute approximate surface area is 136 Å². The first-order valence-corrected chi connectivity index (χ1v) is 7.22. The normalized spacial score (nSPS) is 11.5. The number of aromatic carboxylic acids is 1. The van der Waals surface area contributed by atoms with Gasteiger partial charge in [0.05, 0.1) is 5.56 Å². The maximum Gasteiger partial charge on any atom is 0.335 e. The highest BCUT2D eigenvalue weighted by atomic mass is 16.4. The SMILES string of the molecule is CCN(/C=C(/C#N)C(=O)Nc1ccc(C(=O)O)cc1)C(C)(C)C. The van der Waals surface area contributed by atoms with Gasteiger partial charge in [-0.1, -0.05) is 0 Å². The minimum absolute atomic E-state index is 0.0101. The van der Waals surface area contributed by atoms with Crippen LogP contribution in [0.4, 0.5) is 5.69 Å². The van der Waals surface area contributed by atoms with Crippen molar-refractivity contribution in [3.63, 3.8) is 0 Å². The number of nitrogens with one attached hydrogen (secondary N) is 1. The maximum atomic E-state index is 12.2. The van der Waals surface area contributed by atoms with Crippen molar-refractivity contribution in [3.8, 4) is 6.07 Å². The lowest BCUT2D eigenvalue weighted by molar-refractivity contribution is -0.112. The zero-order chi connectivity index (χ0) is 17.6. The van der Waals surface area contributed by atoms with E-state index in [-0.39, 0.29) is 16.7 Å². The zero-order valence-corrected chi connectivity index (χ0v) is 13.8. The number of benzene rings is 1. The minimum Gasteiger partial charge on any atom is -0.478 e. The largest absolute Gasteiger partial charge is 0.478 e. The number of anilines is 1. The van der Waals surface area contributed by atoms with Gasteiger partial charge in [0.1, 0.15) is 11.6 Å². The number of carboxylic acid groups (broad SMARTS) is 1. The van der Waals surface area contributed by atoms with Gasteiger partial charge in [-0.25, -0.2) is 4.79 Å². The Bertz CT molecular complexity index is 649. The van der Waals surface area contributed by atoms with Crippen LogP contribution in [0.25, 0.3) is 0 Å². The van der Waals surface area contributed by atoms with E-state index in [1.807, 2.05) is 38.7 Å². The fourth-order valence-corrected chi connectivity index (χ4v) is 1.95. The van der Waals surface area contributed by atoms with E-state index in [1.165, 1.54) is 24.3 Å². The van der Waals surface area contributed by atoms with Crippen LogP contribution in [-0.4, -0.2) is 34.0 Å². The smallest absolute Gasteiger partial charge is 0.335 e. The summed E-state index contributed by atoms with van der Waals surface area (Å²) in [7, 11) is 0. The van der Waals surface area contributed by atoms with Gasteiger partial charge >= 0.3 is 5.97 Å². The zero-order valence-electron chi connectivity index (χ0n) is 13.8. The molecule has 0 atom stereocenters. The Kier molecular flexibility index (Phi) is 5.91. The molecule has 1 amide bonds. The Hall–Kier alpha value is -2.81. The van der Waals surface area contributed by atoms with Crippen LogP contribution < -0.4 is 5.32 Å². The molecule has 6 heteroatoms. The average molecular weight is 315 g/mol. The van der Waals surface area contributed by atoms with Crippen LogP contribution in [0.1, 0.15) is 38.1 Å². The van der Waals surface area contributed by atoms with E-state index in [4.69, 9.17) is 5.11 Å². The second kappa shape index (κ2) is 7.45. The van der Waals surface area contributed by atoms with Crippen molar-refractivity contribution in [1.29, 1.82) is 5.26 Å². The third kappa shape index (κ3) is 5.15. The molecule has 1 aromatic carbocycles. The molecule has 0 radical (unpaired) electrons. The first kappa shape index (κ1) is 18.2. The summed E-state index contributed by atoms with van der Waals surface area (Å²) in [5, 5.41) is 20.6. The van der Waals surface area contributed by atoms with E-state index in [1.54, 1.807) is 6.20 Å². The van der Waals surface area contributed by atoms with Crippen LogP contribution in [0.2, 0.25) is 0 Å². The number of carboxylic acids is 1. The van der Waals surface area contributed by atoms with E-state index in [0.29, 0.717) is 12.2 Å². The number of hydrogen-bond donors (Lipinski definition) is 2.